The lowest BCUT2D eigenvalue weighted by molar-refractivity contribution is 0.0699. The van der Waals surface area contributed by atoms with E-state index in [1.54, 1.807) is 12.1 Å². The van der Waals surface area contributed by atoms with E-state index in [-0.39, 0.29) is 5.91 Å². The molecule has 20 heavy (non-hydrogen) atoms. The van der Waals surface area contributed by atoms with Gasteiger partial charge in [0.1, 0.15) is 0 Å². The summed E-state index contributed by atoms with van der Waals surface area (Å²) in [4.78, 5) is 11.8. The molecule has 0 aliphatic carbocycles. The maximum absolute atomic E-state index is 11.8. The molecule has 0 bridgehead atoms. The summed E-state index contributed by atoms with van der Waals surface area (Å²) in [5.74, 6) is 0.540. The molecule has 1 aliphatic rings. The second-order valence-corrected chi connectivity index (χ2v) is 5.10. The highest BCUT2D eigenvalue weighted by Crippen LogP contribution is 2.22. The van der Waals surface area contributed by atoms with Crippen molar-refractivity contribution in [2.24, 2.45) is 5.92 Å². The Morgan fingerprint density at radius 2 is 2.15 bits per heavy atom. The summed E-state index contributed by atoms with van der Waals surface area (Å²) in [7, 11) is 0. The highest BCUT2D eigenvalue weighted by Gasteiger charge is 2.14. The molecule has 1 aromatic rings. The van der Waals surface area contributed by atoms with Gasteiger partial charge < -0.3 is 21.1 Å². The van der Waals surface area contributed by atoms with Crippen LogP contribution in [0.25, 0.3) is 0 Å². The number of nitrogen functional groups attached to an aromatic ring is 1. The Morgan fingerprint density at radius 1 is 1.40 bits per heavy atom. The smallest absolute Gasteiger partial charge is 0.251 e. The van der Waals surface area contributed by atoms with Crippen molar-refractivity contribution in [3.8, 4) is 0 Å². The first kappa shape index (κ1) is 14.7. The maximum Gasteiger partial charge on any atom is 0.251 e. The van der Waals surface area contributed by atoms with Crippen molar-refractivity contribution in [1.29, 1.82) is 0 Å². The Morgan fingerprint density at radius 3 is 2.85 bits per heavy atom. The second-order valence-electron chi connectivity index (χ2n) is 5.10. The predicted molar refractivity (Wildman–Crippen MR) is 80.9 cm³/mol. The van der Waals surface area contributed by atoms with Crippen molar-refractivity contribution in [3.05, 3.63) is 23.8 Å². The Labute approximate surface area is 119 Å². The number of hydrogen-bond donors (Lipinski definition) is 3. The molecule has 2 rings (SSSR count). The van der Waals surface area contributed by atoms with Gasteiger partial charge in [0.15, 0.2) is 0 Å². The van der Waals surface area contributed by atoms with E-state index in [1.165, 1.54) is 0 Å². The van der Waals surface area contributed by atoms with Crippen LogP contribution >= 0.6 is 0 Å². The molecule has 1 aromatic carbocycles. The Kier molecular flexibility index (Phi) is 5.24. The van der Waals surface area contributed by atoms with Crippen molar-refractivity contribution in [2.75, 3.05) is 37.4 Å². The van der Waals surface area contributed by atoms with Crippen molar-refractivity contribution < 1.29 is 9.53 Å². The fourth-order valence-corrected chi connectivity index (χ4v) is 2.32. The van der Waals surface area contributed by atoms with Crippen LogP contribution < -0.4 is 16.4 Å². The molecule has 4 N–H and O–H groups in total. The van der Waals surface area contributed by atoms with E-state index in [9.17, 15) is 4.79 Å². The standard InChI is InChI=1S/C15H23N3O2/c1-2-17-15(19)12-3-4-13(16)14(9-12)18-10-11-5-7-20-8-6-11/h3-4,9,11,18H,2,5-8,10,16H2,1H3,(H,17,19). The summed E-state index contributed by atoms with van der Waals surface area (Å²) in [5.41, 5.74) is 8.10. The van der Waals surface area contributed by atoms with Gasteiger partial charge in [0.25, 0.3) is 5.91 Å². The van der Waals surface area contributed by atoms with Gasteiger partial charge >= 0.3 is 0 Å². The first-order valence-electron chi connectivity index (χ1n) is 7.20. The van der Waals surface area contributed by atoms with Gasteiger partial charge in [-0.2, -0.15) is 0 Å². The quantitative estimate of drug-likeness (QED) is 0.718. The lowest BCUT2D eigenvalue weighted by atomic mass is 10.0. The van der Waals surface area contributed by atoms with E-state index in [0.29, 0.717) is 23.7 Å². The molecule has 0 unspecified atom stereocenters. The molecule has 1 saturated heterocycles. The number of rotatable bonds is 5. The first-order chi connectivity index (χ1) is 9.70. The third-order valence-corrected chi connectivity index (χ3v) is 3.57. The molecule has 1 heterocycles. The molecule has 0 spiro atoms. The molecule has 5 nitrogen and oxygen atoms in total. The topological polar surface area (TPSA) is 76.4 Å². The minimum absolute atomic E-state index is 0.0679. The van der Waals surface area contributed by atoms with Gasteiger partial charge in [-0.3, -0.25) is 4.79 Å². The van der Waals surface area contributed by atoms with E-state index in [4.69, 9.17) is 10.5 Å². The molecule has 0 atom stereocenters. The number of carbonyl (C=O) groups excluding carboxylic acids is 1. The summed E-state index contributed by atoms with van der Waals surface area (Å²) in [6.45, 7) is 5.06. The van der Waals surface area contributed by atoms with Gasteiger partial charge in [-0.1, -0.05) is 0 Å². The Balaban J connectivity index is 1.98. The molecule has 1 amide bonds. The fraction of sp³-hybridized carbons (Fsp3) is 0.533. The largest absolute Gasteiger partial charge is 0.397 e. The second kappa shape index (κ2) is 7.14. The zero-order chi connectivity index (χ0) is 14.4. The van der Waals surface area contributed by atoms with Gasteiger partial charge in [0.2, 0.25) is 0 Å². The van der Waals surface area contributed by atoms with Crippen LogP contribution in [0.2, 0.25) is 0 Å². The highest BCUT2D eigenvalue weighted by molar-refractivity contribution is 5.96. The van der Waals surface area contributed by atoms with Crippen LogP contribution in [0.5, 0.6) is 0 Å². The zero-order valence-corrected chi connectivity index (χ0v) is 11.9. The summed E-state index contributed by atoms with van der Waals surface area (Å²) in [6.07, 6.45) is 2.14. The van der Waals surface area contributed by atoms with E-state index >= 15 is 0 Å². The zero-order valence-electron chi connectivity index (χ0n) is 11.9. The number of ether oxygens (including phenoxy) is 1. The molecule has 1 aliphatic heterocycles. The fourth-order valence-electron chi connectivity index (χ4n) is 2.32. The number of carbonyl (C=O) groups is 1. The number of amides is 1. The lowest BCUT2D eigenvalue weighted by Crippen LogP contribution is -2.24. The van der Waals surface area contributed by atoms with Crippen LogP contribution in [0.3, 0.4) is 0 Å². The van der Waals surface area contributed by atoms with Crippen LogP contribution in [0.1, 0.15) is 30.1 Å². The third-order valence-electron chi connectivity index (χ3n) is 3.57. The van der Waals surface area contributed by atoms with E-state index in [2.05, 4.69) is 10.6 Å². The number of nitrogens with two attached hydrogens (primary N) is 1. The van der Waals surface area contributed by atoms with E-state index in [1.807, 2.05) is 13.0 Å². The average Bonchev–Trinajstić information content (AvgIpc) is 2.47. The van der Waals surface area contributed by atoms with Gasteiger partial charge in [-0.15, -0.1) is 0 Å². The van der Waals surface area contributed by atoms with Crippen LogP contribution in [0.15, 0.2) is 18.2 Å². The summed E-state index contributed by atoms with van der Waals surface area (Å²) >= 11 is 0. The monoisotopic (exact) mass is 277 g/mol. The number of hydrogen-bond acceptors (Lipinski definition) is 4. The number of nitrogens with one attached hydrogen (secondary N) is 2. The van der Waals surface area contributed by atoms with Crippen molar-refractivity contribution in [2.45, 2.75) is 19.8 Å². The first-order valence-corrected chi connectivity index (χ1v) is 7.20. The minimum Gasteiger partial charge on any atom is -0.397 e. The van der Waals surface area contributed by atoms with Gasteiger partial charge in [0.05, 0.1) is 11.4 Å². The number of anilines is 2. The van der Waals surface area contributed by atoms with Gasteiger partial charge in [-0.05, 0) is 43.9 Å². The summed E-state index contributed by atoms with van der Waals surface area (Å²) < 4.78 is 5.35. The van der Waals surface area contributed by atoms with E-state index in [0.717, 1.165) is 38.3 Å². The summed E-state index contributed by atoms with van der Waals surface area (Å²) in [5, 5.41) is 6.15. The molecule has 110 valence electrons. The van der Waals surface area contributed by atoms with Crippen LogP contribution in [-0.4, -0.2) is 32.2 Å². The van der Waals surface area contributed by atoms with Crippen LogP contribution in [0, 0.1) is 5.92 Å². The van der Waals surface area contributed by atoms with Crippen molar-refractivity contribution in [1.82, 2.24) is 5.32 Å². The van der Waals surface area contributed by atoms with Crippen LogP contribution in [0.4, 0.5) is 11.4 Å². The SMILES string of the molecule is CCNC(=O)c1ccc(N)c(NCC2CCOCC2)c1. The molecular weight excluding hydrogens is 254 g/mol. The van der Waals surface area contributed by atoms with Gasteiger partial charge in [0, 0.05) is 31.9 Å². The predicted octanol–water partition coefficient (Wildman–Crippen LogP) is 1.86. The summed E-state index contributed by atoms with van der Waals surface area (Å²) in [6, 6.07) is 5.34. The lowest BCUT2D eigenvalue weighted by Gasteiger charge is -2.23. The molecule has 1 fully saturated rings. The van der Waals surface area contributed by atoms with Crippen LogP contribution in [-0.2, 0) is 4.74 Å². The molecule has 0 saturated carbocycles. The number of benzene rings is 1. The maximum atomic E-state index is 11.8. The van der Waals surface area contributed by atoms with E-state index < -0.39 is 0 Å². The van der Waals surface area contributed by atoms with Gasteiger partial charge in [-0.25, -0.2) is 0 Å². The molecule has 0 aromatic heterocycles. The minimum atomic E-state index is -0.0679. The average molecular weight is 277 g/mol. The molecule has 5 heteroatoms. The molecular formula is C15H23N3O2. The molecule has 0 radical (unpaired) electrons. The van der Waals surface area contributed by atoms with Crippen molar-refractivity contribution >= 4 is 17.3 Å². The Hall–Kier alpha value is -1.75. The third kappa shape index (κ3) is 3.87. The van der Waals surface area contributed by atoms with Crippen molar-refractivity contribution in [3.63, 3.8) is 0 Å². The normalized spacial score (nSPS) is 15.8. The highest BCUT2D eigenvalue weighted by atomic mass is 16.5. The Bertz CT molecular complexity index is 456.